The summed E-state index contributed by atoms with van der Waals surface area (Å²) in [6.07, 6.45) is 0. The summed E-state index contributed by atoms with van der Waals surface area (Å²) in [5, 5.41) is 2.71. The number of amides is 2. The van der Waals surface area contributed by atoms with Crippen LogP contribution in [0.3, 0.4) is 0 Å². The van der Waals surface area contributed by atoms with Gasteiger partial charge in [0.05, 0.1) is 7.11 Å². The number of likely N-dealkylation sites (N-methyl/N-ethyl adjacent to an activating group) is 1. The van der Waals surface area contributed by atoms with E-state index < -0.39 is 6.04 Å². The van der Waals surface area contributed by atoms with Gasteiger partial charge in [0.15, 0.2) is 0 Å². The Morgan fingerprint density at radius 2 is 1.81 bits per heavy atom. The first-order chi connectivity index (χ1) is 9.85. The van der Waals surface area contributed by atoms with Gasteiger partial charge < -0.3 is 15.0 Å². The first kappa shape index (κ1) is 17.0. The fourth-order valence-corrected chi connectivity index (χ4v) is 2.05. The Kier molecular flexibility index (Phi) is 6.21. The smallest absolute Gasteiger partial charge is 0.245 e. The van der Waals surface area contributed by atoms with Crippen LogP contribution in [-0.4, -0.2) is 36.9 Å². The Balaban J connectivity index is 2.73. The van der Waals surface area contributed by atoms with Crippen LogP contribution in [0.5, 0.6) is 5.75 Å². The summed E-state index contributed by atoms with van der Waals surface area (Å²) in [4.78, 5) is 25.3. The van der Waals surface area contributed by atoms with Gasteiger partial charge in [-0.1, -0.05) is 26.0 Å². The van der Waals surface area contributed by atoms with Crippen molar-refractivity contribution in [1.29, 1.82) is 0 Å². The van der Waals surface area contributed by atoms with Crippen LogP contribution in [0.1, 0.15) is 26.3 Å². The van der Waals surface area contributed by atoms with Gasteiger partial charge in [0.1, 0.15) is 11.8 Å². The average Bonchev–Trinajstić information content (AvgIpc) is 2.44. The molecule has 0 aliphatic carbocycles. The van der Waals surface area contributed by atoms with Crippen molar-refractivity contribution in [2.75, 3.05) is 14.2 Å². The highest BCUT2D eigenvalue weighted by atomic mass is 16.5. The summed E-state index contributed by atoms with van der Waals surface area (Å²) in [6, 6.07) is 7.07. The number of methoxy groups -OCH3 is 1. The molecule has 1 aromatic rings. The van der Waals surface area contributed by atoms with E-state index in [2.05, 4.69) is 5.32 Å². The number of carbonyl (C=O) groups excluding carboxylic acids is 2. The van der Waals surface area contributed by atoms with E-state index in [1.54, 1.807) is 19.1 Å². The normalized spacial score (nSPS) is 11.9. The second kappa shape index (κ2) is 7.67. The van der Waals surface area contributed by atoms with E-state index in [1.807, 2.05) is 38.1 Å². The van der Waals surface area contributed by atoms with Gasteiger partial charge in [0.25, 0.3) is 0 Å². The first-order valence-electron chi connectivity index (χ1n) is 7.00. The largest absolute Gasteiger partial charge is 0.497 e. The zero-order valence-electron chi connectivity index (χ0n) is 13.3. The maximum atomic E-state index is 12.4. The number of carbonyl (C=O) groups is 2. The van der Waals surface area contributed by atoms with Crippen LogP contribution >= 0.6 is 0 Å². The maximum Gasteiger partial charge on any atom is 0.245 e. The summed E-state index contributed by atoms with van der Waals surface area (Å²) >= 11 is 0. The fraction of sp³-hybridized carbons (Fsp3) is 0.500. The van der Waals surface area contributed by atoms with Crippen molar-refractivity contribution in [1.82, 2.24) is 10.2 Å². The van der Waals surface area contributed by atoms with Crippen molar-refractivity contribution in [3.05, 3.63) is 29.8 Å². The molecule has 0 aliphatic rings. The predicted molar refractivity (Wildman–Crippen MR) is 81.9 cm³/mol. The molecule has 0 radical (unpaired) electrons. The molecule has 0 saturated carbocycles. The monoisotopic (exact) mass is 292 g/mol. The lowest BCUT2D eigenvalue weighted by Crippen LogP contribution is -2.49. The molecular formula is C16H24N2O3. The lowest BCUT2D eigenvalue weighted by atomic mass is 10.0. The van der Waals surface area contributed by atoms with E-state index in [0.29, 0.717) is 6.54 Å². The van der Waals surface area contributed by atoms with Gasteiger partial charge >= 0.3 is 0 Å². The van der Waals surface area contributed by atoms with Crippen molar-refractivity contribution in [3.8, 4) is 5.75 Å². The number of ether oxygens (including phenoxy) is 1. The highest BCUT2D eigenvalue weighted by Gasteiger charge is 2.25. The summed E-state index contributed by atoms with van der Waals surface area (Å²) in [6.45, 7) is 5.75. The molecule has 0 saturated heterocycles. The molecule has 1 N–H and O–H groups in total. The highest BCUT2D eigenvalue weighted by Crippen LogP contribution is 2.14. The minimum Gasteiger partial charge on any atom is -0.497 e. The van der Waals surface area contributed by atoms with Gasteiger partial charge in [-0.2, -0.15) is 0 Å². The molecule has 1 rings (SSSR count). The van der Waals surface area contributed by atoms with Crippen molar-refractivity contribution in [2.24, 2.45) is 5.92 Å². The van der Waals surface area contributed by atoms with Crippen molar-refractivity contribution < 1.29 is 14.3 Å². The lowest BCUT2D eigenvalue weighted by molar-refractivity contribution is -0.136. The third kappa shape index (κ3) is 5.10. The van der Waals surface area contributed by atoms with E-state index in [9.17, 15) is 9.59 Å². The second-order valence-electron chi connectivity index (χ2n) is 5.46. The predicted octanol–water partition coefficient (Wildman–Crippen LogP) is 1.81. The topological polar surface area (TPSA) is 58.6 Å². The van der Waals surface area contributed by atoms with Crippen LogP contribution < -0.4 is 10.1 Å². The molecule has 1 atom stereocenters. The van der Waals surface area contributed by atoms with Crippen molar-refractivity contribution in [2.45, 2.75) is 33.4 Å². The highest BCUT2D eigenvalue weighted by molar-refractivity contribution is 5.86. The molecule has 5 nitrogen and oxygen atoms in total. The molecule has 0 bridgehead atoms. The molecule has 2 amide bonds. The van der Waals surface area contributed by atoms with Crippen LogP contribution in [0.4, 0.5) is 0 Å². The van der Waals surface area contributed by atoms with Crippen LogP contribution in [0.25, 0.3) is 0 Å². The second-order valence-corrected chi connectivity index (χ2v) is 5.46. The Morgan fingerprint density at radius 1 is 1.24 bits per heavy atom. The molecule has 0 aromatic heterocycles. The van der Waals surface area contributed by atoms with Crippen LogP contribution in [-0.2, 0) is 16.1 Å². The standard InChI is InChI=1S/C16H24N2O3/c1-11(2)15(17-12(3)19)16(20)18(4)10-13-6-8-14(21-5)9-7-13/h6-9,11,15H,10H2,1-5H3,(H,17,19). The minimum atomic E-state index is -0.495. The molecule has 0 aliphatic heterocycles. The quantitative estimate of drug-likeness (QED) is 0.870. The Hall–Kier alpha value is -2.04. The van der Waals surface area contributed by atoms with Crippen LogP contribution in [0, 0.1) is 5.92 Å². The van der Waals surface area contributed by atoms with Gasteiger partial charge in [-0.25, -0.2) is 0 Å². The Morgan fingerprint density at radius 3 is 2.24 bits per heavy atom. The van der Waals surface area contributed by atoms with Gasteiger partial charge in [0, 0.05) is 20.5 Å². The van der Waals surface area contributed by atoms with E-state index in [0.717, 1.165) is 11.3 Å². The number of rotatable bonds is 6. The van der Waals surface area contributed by atoms with E-state index >= 15 is 0 Å². The van der Waals surface area contributed by atoms with Gasteiger partial charge in [-0.05, 0) is 23.6 Å². The number of hydrogen-bond acceptors (Lipinski definition) is 3. The number of nitrogens with zero attached hydrogens (tertiary/aromatic N) is 1. The van der Waals surface area contributed by atoms with E-state index in [-0.39, 0.29) is 17.7 Å². The average molecular weight is 292 g/mol. The van der Waals surface area contributed by atoms with Crippen LogP contribution in [0.2, 0.25) is 0 Å². The maximum absolute atomic E-state index is 12.4. The zero-order valence-corrected chi connectivity index (χ0v) is 13.3. The third-order valence-corrected chi connectivity index (χ3v) is 3.25. The molecule has 116 valence electrons. The Bertz CT molecular complexity index is 483. The Labute approximate surface area is 126 Å². The SMILES string of the molecule is COc1ccc(CN(C)C(=O)C(NC(C)=O)C(C)C)cc1. The zero-order chi connectivity index (χ0) is 16.0. The molecular weight excluding hydrogens is 268 g/mol. The van der Waals surface area contributed by atoms with Crippen molar-refractivity contribution in [3.63, 3.8) is 0 Å². The first-order valence-corrected chi connectivity index (χ1v) is 7.00. The van der Waals surface area contributed by atoms with Crippen LogP contribution in [0.15, 0.2) is 24.3 Å². The minimum absolute atomic E-state index is 0.0414. The fourth-order valence-electron chi connectivity index (χ4n) is 2.05. The molecule has 0 fully saturated rings. The molecule has 1 aromatic carbocycles. The molecule has 0 heterocycles. The third-order valence-electron chi connectivity index (χ3n) is 3.25. The number of nitrogens with one attached hydrogen (secondary N) is 1. The number of hydrogen-bond donors (Lipinski definition) is 1. The summed E-state index contributed by atoms with van der Waals surface area (Å²) < 4.78 is 5.11. The molecule has 1 unspecified atom stereocenters. The van der Waals surface area contributed by atoms with E-state index in [1.165, 1.54) is 6.92 Å². The number of benzene rings is 1. The summed E-state index contributed by atoms with van der Waals surface area (Å²) in [5.41, 5.74) is 1.01. The van der Waals surface area contributed by atoms with Gasteiger partial charge in [-0.15, -0.1) is 0 Å². The summed E-state index contributed by atoms with van der Waals surface area (Å²) in [5.74, 6) is 0.543. The lowest BCUT2D eigenvalue weighted by Gasteiger charge is -2.26. The summed E-state index contributed by atoms with van der Waals surface area (Å²) in [7, 11) is 3.36. The molecule has 5 heteroatoms. The van der Waals surface area contributed by atoms with Gasteiger partial charge in [0.2, 0.25) is 11.8 Å². The van der Waals surface area contributed by atoms with Crippen molar-refractivity contribution >= 4 is 11.8 Å². The molecule has 21 heavy (non-hydrogen) atoms. The molecule has 0 spiro atoms. The van der Waals surface area contributed by atoms with E-state index in [4.69, 9.17) is 4.74 Å². The van der Waals surface area contributed by atoms with Gasteiger partial charge in [-0.3, -0.25) is 9.59 Å².